The lowest BCUT2D eigenvalue weighted by atomic mass is 10.1. The lowest BCUT2D eigenvalue weighted by Gasteiger charge is -2.31. The summed E-state index contributed by atoms with van der Waals surface area (Å²) in [6.07, 6.45) is 2.38. The van der Waals surface area contributed by atoms with Crippen molar-refractivity contribution in [1.29, 1.82) is 0 Å². The monoisotopic (exact) mass is 414 g/mol. The van der Waals surface area contributed by atoms with Crippen LogP contribution < -0.4 is 5.32 Å². The summed E-state index contributed by atoms with van der Waals surface area (Å²) in [5, 5.41) is 3.68. The lowest BCUT2D eigenvalue weighted by molar-refractivity contribution is -0.140. The molecular weight excluding hydrogens is 384 g/mol. The van der Waals surface area contributed by atoms with Crippen LogP contribution >= 0.6 is 11.6 Å². The zero-order valence-electron chi connectivity index (χ0n) is 17.5. The number of carbonyl (C=O) groups is 2. The predicted octanol–water partition coefficient (Wildman–Crippen LogP) is 4.65. The van der Waals surface area contributed by atoms with Gasteiger partial charge in [0.2, 0.25) is 11.8 Å². The number of benzene rings is 2. The van der Waals surface area contributed by atoms with Gasteiger partial charge >= 0.3 is 0 Å². The molecule has 0 bridgehead atoms. The molecule has 2 rings (SSSR count). The first-order chi connectivity index (χ1) is 13.9. The quantitative estimate of drug-likeness (QED) is 0.615. The fraction of sp³-hybridized carbons (Fsp3) is 0.417. The van der Waals surface area contributed by atoms with Gasteiger partial charge in [0.25, 0.3) is 0 Å². The molecule has 0 saturated carbocycles. The van der Waals surface area contributed by atoms with Crippen molar-refractivity contribution in [2.45, 2.75) is 58.5 Å². The van der Waals surface area contributed by atoms with Crippen molar-refractivity contribution in [3.8, 4) is 0 Å². The zero-order chi connectivity index (χ0) is 21.2. The van der Waals surface area contributed by atoms with Gasteiger partial charge in [0.15, 0.2) is 0 Å². The number of hydrogen-bond donors (Lipinski definition) is 1. The SMILES string of the molecule is CCC(C)NC(=O)C(CC)N(CCc1ccccc1)C(=O)Cc1ccc(Cl)cc1. The summed E-state index contributed by atoms with van der Waals surface area (Å²) in [4.78, 5) is 27.8. The molecule has 0 aromatic heterocycles. The molecule has 0 saturated heterocycles. The standard InChI is InChI=1S/C24H31ClN2O2/c1-4-18(3)26-24(29)22(5-2)27(16-15-19-9-7-6-8-10-19)23(28)17-20-11-13-21(25)14-12-20/h6-14,18,22H,4-5,15-17H2,1-3H3,(H,26,29). The van der Waals surface area contributed by atoms with Crippen LogP contribution in [0.3, 0.4) is 0 Å². The second kappa shape index (κ2) is 11.6. The van der Waals surface area contributed by atoms with Gasteiger partial charge in [-0.1, -0.05) is 67.9 Å². The van der Waals surface area contributed by atoms with Crippen molar-refractivity contribution < 1.29 is 9.59 Å². The Labute approximate surface area is 179 Å². The molecule has 0 aliphatic heterocycles. The van der Waals surface area contributed by atoms with Crippen molar-refractivity contribution in [1.82, 2.24) is 10.2 Å². The Balaban J connectivity index is 2.18. The van der Waals surface area contributed by atoms with E-state index in [0.29, 0.717) is 24.4 Å². The van der Waals surface area contributed by atoms with Crippen LogP contribution in [0.1, 0.15) is 44.7 Å². The van der Waals surface area contributed by atoms with Crippen LogP contribution in [0.15, 0.2) is 54.6 Å². The molecule has 2 atom stereocenters. The Morgan fingerprint density at radius 3 is 2.21 bits per heavy atom. The fourth-order valence-electron chi connectivity index (χ4n) is 3.22. The van der Waals surface area contributed by atoms with E-state index in [1.165, 1.54) is 0 Å². The third-order valence-electron chi connectivity index (χ3n) is 5.14. The highest BCUT2D eigenvalue weighted by molar-refractivity contribution is 6.30. The molecule has 156 valence electrons. The van der Waals surface area contributed by atoms with Gasteiger partial charge in [-0.25, -0.2) is 0 Å². The number of halogens is 1. The summed E-state index contributed by atoms with van der Waals surface area (Å²) in [5.74, 6) is -0.131. The molecule has 4 nitrogen and oxygen atoms in total. The first kappa shape index (κ1) is 23.0. The average Bonchev–Trinajstić information content (AvgIpc) is 2.73. The zero-order valence-corrected chi connectivity index (χ0v) is 18.3. The van der Waals surface area contributed by atoms with Crippen molar-refractivity contribution in [3.05, 3.63) is 70.7 Å². The van der Waals surface area contributed by atoms with Crippen LogP contribution in [0.2, 0.25) is 5.02 Å². The number of amides is 2. The molecule has 0 spiro atoms. The average molecular weight is 415 g/mol. The van der Waals surface area contributed by atoms with E-state index in [9.17, 15) is 9.59 Å². The highest BCUT2D eigenvalue weighted by Gasteiger charge is 2.28. The van der Waals surface area contributed by atoms with Crippen LogP contribution in [0, 0.1) is 0 Å². The Morgan fingerprint density at radius 1 is 0.966 bits per heavy atom. The van der Waals surface area contributed by atoms with Gasteiger partial charge in [-0.15, -0.1) is 0 Å². The van der Waals surface area contributed by atoms with Gasteiger partial charge in [0.1, 0.15) is 6.04 Å². The molecule has 1 N–H and O–H groups in total. The predicted molar refractivity (Wildman–Crippen MR) is 119 cm³/mol. The van der Waals surface area contributed by atoms with Crippen LogP contribution in [-0.2, 0) is 22.4 Å². The molecule has 2 amide bonds. The highest BCUT2D eigenvalue weighted by Crippen LogP contribution is 2.14. The van der Waals surface area contributed by atoms with E-state index >= 15 is 0 Å². The molecular formula is C24H31ClN2O2. The maximum Gasteiger partial charge on any atom is 0.243 e. The Kier molecular flexibility index (Phi) is 9.20. The van der Waals surface area contributed by atoms with Crippen LogP contribution in [0.4, 0.5) is 0 Å². The summed E-state index contributed by atoms with van der Waals surface area (Å²) in [7, 11) is 0. The van der Waals surface area contributed by atoms with Gasteiger partial charge < -0.3 is 10.2 Å². The molecule has 2 aromatic carbocycles. The first-order valence-electron chi connectivity index (χ1n) is 10.3. The molecule has 5 heteroatoms. The van der Waals surface area contributed by atoms with Crippen molar-refractivity contribution in [3.63, 3.8) is 0 Å². The van der Waals surface area contributed by atoms with Gasteiger partial charge in [-0.05, 0) is 49.4 Å². The molecule has 2 aromatic rings. The van der Waals surface area contributed by atoms with Gasteiger partial charge in [0.05, 0.1) is 6.42 Å². The molecule has 0 radical (unpaired) electrons. The number of nitrogens with one attached hydrogen (secondary N) is 1. The topological polar surface area (TPSA) is 49.4 Å². The van der Waals surface area contributed by atoms with E-state index in [1.807, 2.05) is 63.2 Å². The molecule has 0 heterocycles. The maximum absolute atomic E-state index is 13.2. The minimum absolute atomic E-state index is 0.0468. The third-order valence-corrected chi connectivity index (χ3v) is 5.39. The van der Waals surface area contributed by atoms with Gasteiger partial charge in [0, 0.05) is 17.6 Å². The minimum atomic E-state index is -0.479. The Bertz CT molecular complexity index is 777. The summed E-state index contributed by atoms with van der Waals surface area (Å²) < 4.78 is 0. The largest absolute Gasteiger partial charge is 0.352 e. The molecule has 0 fully saturated rings. The van der Waals surface area contributed by atoms with E-state index in [0.717, 1.165) is 17.5 Å². The lowest BCUT2D eigenvalue weighted by Crippen LogP contribution is -2.52. The second-order valence-corrected chi connectivity index (χ2v) is 7.80. The number of nitrogens with zero attached hydrogens (tertiary/aromatic N) is 1. The smallest absolute Gasteiger partial charge is 0.243 e. The number of carbonyl (C=O) groups excluding carboxylic acids is 2. The Morgan fingerprint density at radius 2 is 1.62 bits per heavy atom. The van der Waals surface area contributed by atoms with E-state index in [1.54, 1.807) is 17.0 Å². The van der Waals surface area contributed by atoms with E-state index in [-0.39, 0.29) is 24.3 Å². The third kappa shape index (κ3) is 7.21. The van der Waals surface area contributed by atoms with Crippen molar-refractivity contribution >= 4 is 23.4 Å². The van der Waals surface area contributed by atoms with E-state index in [2.05, 4.69) is 5.32 Å². The van der Waals surface area contributed by atoms with E-state index in [4.69, 9.17) is 11.6 Å². The first-order valence-corrected chi connectivity index (χ1v) is 10.7. The summed E-state index contributed by atoms with van der Waals surface area (Å²) in [6.45, 7) is 6.47. The summed E-state index contributed by atoms with van der Waals surface area (Å²) in [5.41, 5.74) is 2.04. The van der Waals surface area contributed by atoms with Crippen molar-refractivity contribution in [2.24, 2.45) is 0 Å². The minimum Gasteiger partial charge on any atom is -0.352 e. The molecule has 0 aliphatic rings. The van der Waals surface area contributed by atoms with Gasteiger partial charge in [-0.3, -0.25) is 9.59 Å². The molecule has 0 aliphatic carbocycles. The van der Waals surface area contributed by atoms with Gasteiger partial charge in [-0.2, -0.15) is 0 Å². The normalized spacial score (nSPS) is 12.8. The number of hydrogen-bond acceptors (Lipinski definition) is 2. The van der Waals surface area contributed by atoms with E-state index < -0.39 is 6.04 Å². The molecule has 2 unspecified atom stereocenters. The summed E-state index contributed by atoms with van der Waals surface area (Å²) >= 11 is 5.96. The highest BCUT2D eigenvalue weighted by atomic mass is 35.5. The molecule has 29 heavy (non-hydrogen) atoms. The van der Waals surface area contributed by atoms with Crippen LogP contribution in [0.25, 0.3) is 0 Å². The van der Waals surface area contributed by atoms with Crippen molar-refractivity contribution in [2.75, 3.05) is 6.54 Å². The summed E-state index contributed by atoms with van der Waals surface area (Å²) in [6, 6.07) is 16.9. The number of rotatable bonds is 10. The maximum atomic E-state index is 13.2. The van der Waals surface area contributed by atoms with Crippen LogP contribution in [-0.4, -0.2) is 35.3 Å². The van der Waals surface area contributed by atoms with Crippen LogP contribution in [0.5, 0.6) is 0 Å². The second-order valence-electron chi connectivity index (χ2n) is 7.37. The fourth-order valence-corrected chi connectivity index (χ4v) is 3.34. The Hall–Kier alpha value is -2.33.